The number of aliphatic hydroxyl groups is 1. The minimum absolute atomic E-state index is 0.0811. The van der Waals surface area contributed by atoms with Gasteiger partial charge in [0.25, 0.3) is 0 Å². The smallest absolute Gasteiger partial charge is 0.462 e. The number of hydrogen-bond acceptors (Lipinski definition) is 6. The molecule has 27 heavy (non-hydrogen) atoms. The van der Waals surface area contributed by atoms with Crippen molar-refractivity contribution in [3.05, 3.63) is 42.5 Å². The Morgan fingerprint density at radius 2 is 2.04 bits per heavy atom. The number of ether oxygens (including phenoxy) is 3. The van der Waals surface area contributed by atoms with Crippen molar-refractivity contribution in [2.24, 2.45) is 5.92 Å². The van der Waals surface area contributed by atoms with Crippen molar-refractivity contribution in [1.29, 1.82) is 0 Å². The van der Waals surface area contributed by atoms with E-state index in [-0.39, 0.29) is 24.5 Å². The van der Waals surface area contributed by atoms with Crippen LogP contribution < -0.4 is 4.74 Å². The fraction of sp³-hybridized carbons (Fsp3) is 0.444. The Morgan fingerprint density at radius 3 is 2.67 bits per heavy atom. The first kappa shape index (κ1) is 20.8. The Hall–Kier alpha value is -2.55. The first-order valence-electron chi connectivity index (χ1n) is 8.22. The van der Waals surface area contributed by atoms with Gasteiger partial charge >= 0.3 is 18.3 Å². The monoisotopic (exact) mass is 388 g/mol. The second-order valence-corrected chi connectivity index (χ2v) is 6.10. The first-order chi connectivity index (χ1) is 12.7. The standard InChI is InChI=1S/C18H19F3O6/c1-2-16(23)25-10-11-6-7-15(14(22)8-11)26-17(24)12-4-3-5-13(9-12)27-18(19,20)21/h2-5,9,11,14-15,22H,1,6-8,10H2. The highest BCUT2D eigenvalue weighted by Gasteiger charge is 2.33. The number of carbonyl (C=O) groups is 2. The predicted molar refractivity (Wildman–Crippen MR) is 86.8 cm³/mol. The lowest BCUT2D eigenvalue weighted by molar-refractivity contribution is -0.274. The lowest BCUT2D eigenvalue weighted by atomic mass is 9.86. The molecule has 1 aliphatic carbocycles. The zero-order chi connectivity index (χ0) is 20.0. The maximum absolute atomic E-state index is 12.3. The Kier molecular flexibility index (Phi) is 6.84. The van der Waals surface area contributed by atoms with Gasteiger partial charge in [0, 0.05) is 6.08 Å². The molecule has 1 aromatic carbocycles. The normalized spacial score (nSPS) is 22.6. The molecule has 2 rings (SSSR count). The van der Waals surface area contributed by atoms with E-state index in [9.17, 15) is 27.9 Å². The maximum Gasteiger partial charge on any atom is 0.573 e. The molecule has 0 heterocycles. The van der Waals surface area contributed by atoms with E-state index in [1.807, 2.05) is 0 Å². The van der Waals surface area contributed by atoms with Gasteiger partial charge in [0.2, 0.25) is 0 Å². The molecule has 148 valence electrons. The lowest BCUT2D eigenvalue weighted by Gasteiger charge is -2.32. The van der Waals surface area contributed by atoms with Crippen LogP contribution >= 0.6 is 0 Å². The third-order valence-corrected chi connectivity index (χ3v) is 4.05. The summed E-state index contributed by atoms with van der Waals surface area (Å²) in [6.45, 7) is 3.41. The Morgan fingerprint density at radius 1 is 1.30 bits per heavy atom. The van der Waals surface area contributed by atoms with Crippen molar-refractivity contribution in [2.75, 3.05) is 6.61 Å². The molecule has 0 aliphatic heterocycles. The van der Waals surface area contributed by atoms with Crippen molar-refractivity contribution in [3.8, 4) is 5.75 Å². The quantitative estimate of drug-likeness (QED) is 0.596. The van der Waals surface area contributed by atoms with E-state index < -0.39 is 36.3 Å². The van der Waals surface area contributed by atoms with Gasteiger partial charge in [-0.1, -0.05) is 12.6 Å². The number of esters is 2. The van der Waals surface area contributed by atoms with Crippen LogP contribution in [0.1, 0.15) is 29.6 Å². The van der Waals surface area contributed by atoms with Gasteiger partial charge in [0.05, 0.1) is 18.3 Å². The van der Waals surface area contributed by atoms with Crippen LogP contribution in [0.5, 0.6) is 5.75 Å². The molecule has 0 saturated heterocycles. The number of aliphatic hydroxyl groups excluding tert-OH is 1. The highest BCUT2D eigenvalue weighted by molar-refractivity contribution is 5.90. The van der Waals surface area contributed by atoms with Gasteiger partial charge in [-0.05, 0) is 43.4 Å². The zero-order valence-corrected chi connectivity index (χ0v) is 14.3. The number of rotatable bonds is 6. The average Bonchev–Trinajstić information content (AvgIpc) is 2.60. The topological polar surface area (TPSA) is 82.1 Å². The lowest BCUT2D eigenvalue weighted by Crippen LogP contribution is -2.38. The van der Waals surface area contributed by atoms with E-state index in [1.165, 1.54) is 12.1 Å². The van der Waals surface area contributed by atoms with Gasteiger partial charge in [-0.3, -0.25) is 0 Å². The SMILES string of the molecule is C=CC(=O)OCC1CCC(OC(=O)c2cccc(OC(F)(F)F)c2)C(O)C1. The largest absolute Gasteiger partial charge is 0.573 e. The Labute approximate surface area is 153 Å². The summed E-state index contributed by atoms with van der Waals surface area (Å²) in [7, 11) is 0. The number of carbonyl (C=O) groups excluding carboxylic acids is 2. The molecular weight excluding hydrogens is 369 g/mol. The van der Waals surface area contributed by atoms with Gasteiger partial charge in [0.1, 0.15) is 11.9 Å². The van der Waals surface area contributed by atoms with E-state index in [2.05, 4.69) is 11.3 Å². The highest BCUT2D eigenvalue weighted by Crippen LogP contribution is 2.28. The summed E-state index contributed by atoms with van der Waals surface area (Å²) in [6.07, 6.45) is -4.44. The van der Waals surface area contributed by atoms with Crippen LogP contribution in [0.15, 0.2) is 36.9 Å². The van der Waals surface area contributed by atoms with Crippen LogP contribution in [0, 0.1) is 5.92 Å². The highest BCUT2D eigenvalue weighted by atomic mass is 19.4. The van der Waals surface area contributed by atoms with Crippen molar-refractivity contribution in [1.82, 2.24) is 0 Å². The summed E-state index contributed by atoms with van der Waals surface area (Å²) >= 11 is 0. The molecule has 1 fully saturated rings. The average molecular weight is 388 g/mol. The molecule has 0 spiro atoms. The van der Waals surface area contributed by atoms with Crippen LogP contribution in [-0.4, -0.2) is 42.2 Å². The molecule has 1 saturated carbocycles. The summed E-state index contributed by atoms with van der Waals surface area (Å²) in [5.41, 5.74) is -0.119. The molecule has 3 unspecified atom stereocenters. The summed E-state index contributed by atoms with van der Waals surface area (Å²) in [4.78, 5) is 23.2. The van der Waals surface area contributed by atoms with Gasteiger partial charge in [-0.15, -0.1) is 13.2 Å². The molecule has 1 aliphatic rings. The van der Waals surface area contributed by atoms with Crippen LogP contribution in [0.3, 0.4) is 0 Å². The third-order valence-electron chi connectivity index (χ3n) is 4.05. The zero-order valence-electron chi connectivity index (χ0n) is 14.3. The van der Waals surface area contributed by atoms with E-state index in [0.29, 0.717) is 12.8 Å². The Balaban J connectivity index is 1.90. The number of halogens is 3. The summed E-state index contributed by atoms with van der Waals surface area (Å²) < 4.78 is 50.7. The van der Waals surface area contributed by atoms with Crippen molar-refractivity contribution < 1.29 is 42.1 Å². The van der Waals surface area contributed by atoms with Crippen LogP contribution in [0.25, 0.3) is 0 Å². The summed E-state index contributed by atoms with van der Waals surface area (Å²) in [6, 6.07) is 4.51. The van der Waals surface area contributed by atoms with E-state index >= 15 is 0 Å². The molecule has 1 aromatic rings. The first-order valence-corrected chi connectivity index (χ1v) is 8.22. The number of alkyl halides is 3. The van der Waals surface area contributed by atoms with Crippen LogP contribution in [-0.2, 0) is 14.3 Å². The number of hydrogen-bond donors (Lipinski definition) is 1. The molecule has 0 radical (unpaired) electrons. The predicted octanol–water partition coefficient (Wildman–Crippen LogP) is 3.00. The molecule has 0 bridgehead atoms. The van der Waals surface area contributed by atoms with E-state index in [0.717, 1.165) is 18.2 Å². The second kappa shape index (κ2) is 8.90. The fourth-order valence-corrected chi connectivity index (χ4v) is 2.78. The molecule has 0 aromatic heterocycles. The van der Waals surface area contributed by atoms with Crippen molar-refractivity contribution >= 4 is 11.9 Å². The minimum atomic E-state index is -4.87. The fourth-order valence-electron chi connectivity index (χ4n) is 2.78. The van der Waals surface area contributed by atoms with Gasteiger partial charge in [-0.25, -0.2) is 9.59 Å². The summed E-state index contributed by atoms with van der Waals surface area (Å²) in [5, 5.41) is 10.2. The molecule has 9 heteroatoms. The van der Waals surface area contributed by atoms with Crippen LogP contribution in [0.4, 0.5) is 13.2 Å². The van der Waals surface area contributed by atoms with Gasteiger partial charge < -0.3 is 19.3 Å². The molecular formula is C18H19F3O6. The second-order valence-electron chi connectivity index (χ2n) is 6.10. The maximum atomic E-state index is 12.3. The molecule has 6 nitrogen and oxygen atoms in total. The van der Waals surface area contributed by atoms with Crippen molar-refractivity contribution in [3.63, 3.8) is 0 Å². The third kappa shape index (κ3) is 6.59. The van der Waals surface area contributed by atoms with Crippen molar-refractivity contribution in [2.45, 2.75) is 37.8 Å². The number of benzene rings is 1. The van der Waals surface area contributed by atoms with Crippen LogP contribution in [0.2, 0.25) is 0 Å². The molecule has 1 N–H and O–H groups in total. The van der Waals surface area contributed by atoms with Gasteiger partial charge in [-0.2, -0.15) is 0 Å². The summed E-state index contributed by atoms with van der Waals surface area (Å²) in [5.74, 6) is -2.03. The molecule has 3 atom stereocenters. The van der Waals surface area contributed by atoms with Gasteiger partial charge in [0.15, 0.2) is 0 Å². The minimum Gasteiger partial charge on any atom is -0.462 e. The Bertz CT molecular complexity index is 688. The van der Waals surface area contributed by atoms with E-state index in [1.54, 1.807) is 0 Å². The molecule has 0 amide bonds. The van der Waals surface area contributed by atoms with E-state index in [4.69, 9.17) is 9.47 Å².